The zero-order valence-corrected chi connectivity index (χ0v) is 7.18. The normalized spacial score (nSPS) is 30.4. The topological polar surface area (TPSA) is 41.1 Å². The third-order valence-corrected chi connectivity index (χ3v) is 2.12. The summed E-state index contributed by atoms with van der Waals surface area (Å²) in [4.78, 5) is 10.7. The summed E-state index contributed by atoms with van der Waals surface area (Å²) >= 11 is 0. The molecule has 0 aromatic rings. The molecule has 0 aliphatic carbocycles. The van der Waals surface area contributed by atoms with Crippen molar-refractivity contribution in [3.05, 3.63) is 0 Å². The highest BCUT2D eigenvalue weighted by atomic mass is 16.1. The van der Waals surface area contributed by atoms with Crippen molar-refractivity contribution in [2.24, 2.45) is 0 Å². The minimum absolute atomic E-state index is 0.0774. The lowest BCUT2D eigenvalue weighted by Crippen LogP contribution is -2.34. The predicted octanol–water partition coefficient (Wildman–Crippen LogP) is 0.263. The smallest absolute Gasteiger partial charge is 0.217 e. The molecule has 0 spiro atoms. The van der Waals surface area contributed by atoms with Gasteiger partial charge in [-0.05, 0) is 12.8 Å². The predicted molar refractivity (Wildman–Crippen MR) is 44.3 cm³/mol. The van der Waals surface area contributed by atoms with E-state index >= 15 is 0 Å². The van der Waals surface area contributed by atoms with Gasteiger partial charge >= 0.3 is 0 Å². The van der Waals surface area contributed by atoms with Crippen molar-refractivity contribution >= 4 is 5.91 Å². The van der Waals surface area contributed by atoms with Crippen LogP contribution < -0.4 is 10.6 Å². The van der Waals surface area contributed by atoms with Crippen LogP contribution in [0.2, 0.25) is 0 Å². The Balaban J connectivity index is 2.24. The van der Waals surface area contributed by atoms with E-state index in [1.165, 1.54) is 0 Å². The minimum atomic E-state index is 0.0774. The van der Waals surface area contributed by atoms with E-state index in [0.29, 0.717) is 12.1 Å². The maximum atomic E-state index is 10.7. The second-order valence-electron chi connectivity index (χ2n) is 3.15. The SMILES string of the molecule is CC[C@@H]1C[C@@H](NC(C)=O)CN1. The van der Waals surface area contributed by atoms with Gasteiger partial charge in [-0.2, -0.15) is 0 Å². The van der Waals surface area contributed by atoms with Gasteiger partial charge in [-0.3, -0.25) is 4.79 Å². The molecule has 0 aromatic heterocycles. The molecule has 11 heavy (non-hydrogen) atoms. The fourth-order valence-corrected chi connectivity index (χ4v) is 1.53. The molecule has 0 unspecified atom stereocenters. The van der Waals surface area contributed by atoms with E-state index in [-0.39, 0.29) is 5.91 Å². The third-order valence-electron chi connectivity index (χ3n) is 2.12. The van der Waals surface area contributed by atoms with Crippen LogP contribution in [0.25, 0.3) is 0 Å². The van der Waals surface area contributed by atoms with Crippen LogP contribution >= 0.6 is 0 Å². The molecular weight excluding hydrogens is 140 g/mol. The quantitative estimate of drug-likeness (QED) is 0.602. The van der Waals surface area contributed by atoms with Gasteiger partial charge in [0.25, 0.3) is 0 Å². The van der Waals surface area contributed by atoms with Crippen molar-refractivity contribution in [2.75, 3.05) is 6.54 Å². The fourth-order valence-electron chi connectivity index (χ4n) is 1.53. The van der Waals surface area contributed by atoms with Crippen LogP contribution in [-0.2, 0) is 4.79 Å². The van der Waals surface area contributed by atoms with Gasteiger partial charge in [-0.25, -0.2) is 0 Å². The lowest BCUT2D eigenvalue weighted by atomic mass is 10.1. The summed E-state index contributed by atoms with van der Waals surface area (Å²) in [6.07, 6.45) is 2.23. The summed E-state index contributed by atoms with van der Waals surface area (Å²) in [6.45, 7) is 4.66. The lowest BCUT2D eigenvalue weighted by molar-refractivity contribution is -0.119. The van der Waals surface area contributed by atoms with Crippen molar-refractivity contribution < 1.29 is 4.79 Å². The van der Waals surface area contributed by atoms with E-state index in [4.69, 9.17) is 0 Å². The Morgan fingerprint density at radius 2 is 2.45 bits per heavy atom. The Morgan fingerprint density at radius 1 is 1.73 bits per heavy atom. The molecule has 1 saturated heterocycles. The molecule has 1 heterocycles. The molecule has 0 aromatic carbocycles. The number of hydrogen-bond donors (Lipinski definition) is 2. The highest BCUT2D eigenvalue weighted by Gasteiger charge is 2.22. The van der Waals surface area contributed by atoms with Gasteiger partial charge in [0.05, 0.1) is 0 Å². The fraction of sp³-hybridized carbons (Fsp3) is 0.875. The minimum Gasteiger partial charge on any atom is -0.352 e. The first-order valence-electron chi connectivity index (χ1n) is 4.23. The molecule has 0 radical (unpaired) electrons. The second-order valence-corrected chi connectivity index (χ2v) is 3.15. The van der Waals surface area contributed by atoms with E-state index < -0.39 is 0 Å². The number of carbonyl (C=O) groups is 1. The first kappa shape index (κ1) is 8.53. The second kappa shape index (κ2) is 3.72. The molecule has 2 atom stereocenters. The Hall–Kier alpha value is -0.570. The largest absolute Gasteiger partial charge is 0.352 e. The van der Waals surface area contributed by atoms with E-state index in [0.717, 1.165) is 19.4 Å². The molecule has 1 aliphatic rings. The van der Waals surface area contributed by atoms with Gasteiger partial charge in [0, 0.05) is 25.6 Å². The zero-order chi connectivity index (χ0) is 8.27. The number of rotatable bonds is 2. The number of carbonyl (C=O) groups excluding carboxylic acids is 1. The molecule has 0 saturated carbocycles. The molecule has 64 valence electrons. The average Bonchev–Trinajstić information content (AvgIpc) is 2.34. The van der Waals surface area contributed by atoms with E-state index in [9.17, 15) is 4.79 Å². The van der Waals surface area contributed by atoms with Gasteiger partial charge in [0.1, 0.15) is 0 Å². The molecule has 2 N–H and O–H groups in total. The Kier molecular flexibility index (Phi) is 2.88. The van der Waals surface area contributed by atoms with Gasteiger partial charge in [0.15, 0.2) is 0 Å². The summed E-state index contributed by atoms with van der Waals surface area (Å²) in [5.41, 5.74) is 0. The third kappa shape index (κ3) is 2.50. The Bertz CT molecular complexity index is 147. The highest BCUT2D eigenvalue weighted by molar-refractivity contribution is 5.73. The zero-order valence-electron chi connectivity index (χ0n) is 7.18. The number of nitrogens with one attached hydrogen (secondary N) is 2. The van der Waals surface area contributed by atoms with Crippen molar-refractivity contribution in [1.29, 1.82) is 0 Å². The average molecular weight is 156 g/mol. The van der Waals surface area contributed by atoms with Crippen molar-refractivity contribution in [3.63, 3.8) is 0 Å². The summed E-state index contributed by atoms with van der Waals surface area (Å²) in [7, 11) is 0. The van der Waals surface area contributed by atoms with Crippen LogP contribution in [0.15, 0.2) is 0 Å². The van der Waals surface area contributed by atoms with Gasteiger partial charge in [0.2, 0.25) is 5.91 Å². The molecule has 0 bridgehead atoms. The molecular formula is C8H16N2O. The number of hydrogen-bond acceptors (Lipinski definition) is 2. The first-order chi connectivity index (χ1) is 5.22. The highest BCUT2D eigenvalue weighted by Crippen LogP contribution is 2.08. The van der Waals surface area contributed by atoms with Crippen molar-refractivity contribution in [1.82, 2.24) is 10.6 Å². The molecule has 3 nitrogen and oxygen atoms in total. The molecule has 3 heteroatoms. The molecule has 1 rings (SSSR count). The maximum absolute atomic E-state index is 10.7. The Labute approximate surface area is 67.5 Å². The molecule has 1 aliphatic heterocycles. The number of amides is 1. The summed E-state index contributed by atoms with van der Waals surface area (Å²) in [6, 6.07) is 0.962. The Morgan fingerprint density at radius 3 is 2.91 bits per heavy atom. The van der Waals surface area contributed by atoms with Gasteiger partial charge in [-0.15, -0.1) is 0 Å². The lowest BCUT2D eigenvalue weighted by Gasteiger charge is -2.08. The summed E-state index contributed by atoms with van der Waals surface area (Å²) in [5, 5.41) is 6.25. The van der Waals surface area contributed by atoms with Crippen LogP contribution in [0.4, 0.5) is 0 Å². The maximum Gasteiger partial charge on any atom is 0.217 e. The first-order valence-corrected chi connectivity index (χ1v) is 4.23. The van der Waals surface area contributed by atoms with Gasteiger partial charge < -0.3 is 10.6 Å². The van der Waals surface area contributed by atoms with Crippen LogP contribution in [0.5, 0.6) is 0 Å². The van der Waals surface area contributed by atoms with E-state index in [1.54, 1.807) is 6.92 Å². The van der Waals surface area contributed by atoms with Crippen molar-refractivity contribution in [2.45, 2.75) is 38.8 Å². The van der Waals surface area contributed by atoms with Crippen LogP contribution in [-0.4, -0.2) is 24.5 Å². The summed E-state index contributed by atoms with van der Waals surface area (Å²) < 4.78 is 0. The van der Waals surface area contributed by atoms with Crippen LogP contribution in [0.3, 0.4) is 0 Å². The van der Waals surface area contributed by atoms with Crippen molar-refractivity contribution in [3.8, 4) is 0 Å². The summed E-state index contributed by atoms with van der Waals surface area (Å²) in [5.74, 6) is 0.0774. The van der Waals surface area contributed by atoms with Gasteiger partial charge in [-0.1, -0.05) is 6.92 Å². The van der Waals surface area contributed by atoms with E-state index in [2.05, 4.69) is 17.6 Å². The van der Waals surface area contributed by atoms with Crippen LogP contribution in [0.1, 0.15) is 26.7 Å². The molecule has 1 fully saturated rings. The monoisotopic (exact) mass is 156 g/mol. The molecule has 1 amide bonds. The van der Waals surface area contributed by atoms with Crippen LogP contribution in [0, 0.1) is 0 Å². The van der Waals surface area contributed by atoms with E-state index in [1.807, 2.05) is 0 Å². The standard InChI is InChI=1S/C8H16N2O/c1-3-7-4-8(5-9-7)10-6(2)11/h7-9H,3-5H2,1-2H3,(H,10,11)/t7-,8-/m1/s1.